The van der Waals surface area contributed by atoms with E-state index in [1.165, 1.54) is 19.6 Å². The van der Waals surface area contributed by atoms with Gasteiger partial charge in [0.15, 0.2) is 6.10 Å². The van der Waals surface area contributed by atoms with Crippen LogP contribution < -0.4 is 9.64 Å². The summed E-state index contributed by atoms with van der Waals surface area (Å²) < 4.78 is 17.8. The zero-order valence-corrected chi connectivity index (χ0v) is 33.1. The number of carbonyl (C=O) groups is 3. The molecule has 5 aliphatic heterocycles. The number of nitrogens with zero attached hydrogens (tertiary/aromatic N) is 3. The number of aromatic nitrogens is 1. The van der Waals surface area contributed by atoms with Crippen LogP contribution in [0.15, 0.2) is 60.2 Å². The molecule has 296 valence electrons. The average Bonchev–Trinajstić information content (AvgIpc) is 3.84. The number of likely N-dealkylation sites (N-methyl/N-ethyl adjacent to an activating group) is 1. The quantitative estimate of drug-likeness (QED) is 0.228. The second kappa shape index (κ2) is 12.7. The fourth-order valence-corrected chi connectivity index (χ4v) is 12.7. The number of para-hydroxylation sites is 1. The lowest BCUT2D eigenvalue weighted by Crippen LogP contribution is -2.81. The number of esters is 2. The van der Waals surface area contributed by atoms with E-state index in [0.717, 1.165) is 47.2 Å². The molecule has 1 aromatic heterocycles. The number of anilines is 1. The standard InChI is InChI=1S/C44H52N4O8/c1-7-26-18-27-21-43(39(50)51,35-29(24-47(22-26)23-27)28-12-9-10-13-32(28)45-35)31-19-30-33(20-34(31)54-5)46(4)37-42(30)15-17-48-16-11-14-41(8-2,36(42)48)38(56-25(3)49)44(37,53)40(52)55-6/h9-14,18-20,27,36-38,45,53H,7-8,15-17,21-24H2,1-6H3,(H,50,51)/t27-,36-,37+,38+,41+,42+,43-,44-/m0/s1. The molecule has 1 unspecified atom stereocenters. The third kappa shape index (κ3) is 4.54. The number of fused-ring (bicyclic) bond motifs is 6. The Morgan fingerprint density at radius 1 is 1.05 bits per heavy atom. The van der Waals surface area contributed by atoms with E-state index in [1.54, 1.807) is 7.11 Å². The molecular formula is C44H52N4O8. The molecule has 6 heterocycles. The summed E-state index contributed by atoms with van der Waals surface area (Å²) in [6.07, 6.45) is 7.31. The zero-order chi connectivity index (χ0) is 39.5. The summed E-state index contributed by atoms with van der Waals surface area (Å²) in [5.74, 6) is -2.11. The number of aliphatic carboxylic acids is 1. The Hall–Kier alpha value is -4.65. The summed E-state index contributed by atoms with van der Waals surface area (Å²) in [4.78, 5) is 52.2. The first-order valence-electron chi connectivity index (χ1n) is 20.0. The Balaban J connectivity index is 1.36. The average molecular weight is 765 g/mol. The Labute approximate surface area is 327 Å². The first-order chi connectivity index (χ1) is 26.8. The van der Waals surface area contributed by atoms with Crippen molar-refractivity contribution in [1.29, 1.82) is 0 Å². The Kier molecular flexibility index (Phi) is 8.37. The van der Waals surface area contributed by atoms with Crippen LogP contribution in [0.4, 0.5) is 5.69 Å². The van der Waals surface area contributed by atoms with Crippen LogP contribution in [0.5, 0.6) is 5.75 Å². The number of benzene rings is 2. The van der Waals surface area contributed by atoms with E-state index in [2.05, 4.69) is 33.8 Å². The molecule has 3 N–H and O–H groups in total. The van der Waals surface area contributed by atoms with Gasteiger partial charge in [-0.2, -0.15) is 0 Å². The summed E-state index contributed by atoms with van der Waals surface area (Å²) in [6.45, 7) is 8.93. The highest BCUT2D eigenvalue weighted by Gasteiger charge is 2.80. The second-order valence-corrected chi connectivity index (χ2v) is 17.0. The largest absolute Gasteiger partial charge is 0.496 e. The highest BCUT2D eigenvalue weighted by molar-refractivity contribution is 5.94. The molecule has 3 aromatic rings. The monoisotopic (exact) mass is 764 g/mol. The van der Waals surface area contributed by atoms with Gasteiger partial charge in [0.1, 0.15) is 11.2 Å². The predicted molar refractivity (Wildman–Crippen MR) is 210 cm³/mol. The lowest BCUT2D eigenvalue weighted by Gasteiger charge is -2.63. The molecule has 1 saturated carbocycles. The molecule has 12 nitrogen and oxygen atoms in total. The normalized spacial score (nSPS) is 35.4. The SMILES string of the molecule is CCC1=C[C@@H]2CN(C1)Cc1c([nH]c3ccccc13)[C@@](C(=O)O)(c1cc3c(cc1OC)N(C)[C@H]1[C@@](O)(C(=O)OC)[C@H](OC(C)=O)[C@]4(CC)C=CCN5CC[C@]31[C@@H]54)C2. The number of carboxylic acid groups (broad SMARTS) is 1. The lowest BCUT2D eigenvalue weighted by atomic mass is 9.47. The van der Waals surface area contributed by atoms with E-state index in [-0.39, 0.29) is 12.0 Å². The molecule has 12 heteroatoms. The number of hydrogen-bond acceptors (Lipinski definition) is 10. The Morgan fingerprint density at radius 2 is 1.84 bits per heavy atom. The van der Waals surface area contributed by atoms with Crippen LogP contribution in [0.25, 0.3) is 10.9 Å². The van der Waals surface area contributed by atoms with Crippen molar-refractivity contribution < 1.29 is 38.8 Å². The number of carboxylic acids is 1. The van der Waals surface area contributed by atoms with E-state index < -0.39 is 51.9 Å². The Bertz CT molecular complexity index is 2230. The van der Waals surface area contributed by atoms with Gasteiger partial charge in [0.2, 0.25) is 5.60 Å². The van der Waals surface area contributed by atoms with Gasteiger partial charge in [0.05, 0.1) is 20.3 Å². The highest BCUT2D eigenvalue weighted by Crippen LogP contribution is 2.68. The molecule has 6 aliphatic rings. The maximum Gasteiger partial charge on any atom is 0.344 e. The van der Waals surface area contributed by atoms with E-state index in [9.17, 15) is 24.6 Å². The molecule has 9 atom stereocenters. The fraction of sp³-hybridized carbons (Fsp3) is 0.523. The van der Waals surface area contributed by atoms with Crippen molar-refractivity contribution in [1.82, 2.24) is 14.8 Å². The molecule has 56 heavy (non-hydrogen) atoms. The number of methoxy groups -OCH3 is 2. The fourth-order valence-electron chi connectivity index (χ4n) is 12.7. The lowest BCUT2D eigenvalue weighted by molar-refractivity contribution is -0.228. The van der Waals surface area contributed by atoms with Gasteiger partial charge in [-0.25, -0.2) is 4.79 Å². The van der Waals surface area contributed by atoms with E-state index in [1.807, 2.05) is 61.4 Å². The molecule has 1 saturated heterocycles. The topological polar surface area (TPSA) is 145 Å². The van der Waals surface area contributed by atoms with Gasteiger partial charge in [-0.1, -0.05) is 55.8 Å². The van der Waals surface area contributed by atoms with Crippen molar-refractivity contribution in [2.75, 3.05) is 52.3 Å². The minimum Gasteiger partial charge on any atom is -0.496 e. The number of ether oxygens (including phenoxy) is 3. The van der Waals surface area contributed by atoms with E-state index in [4.69, 9.17) is 14.2 Å². The van der Waals surface area contributed by atoms with E-state index >= 15 is 0 Å². The van der Waals surface area contributed by atoms with Crippen molar-refractivity contribution in [3.63, 3.8) is 0 Å². The smallest absolute Gasteiger partial charge is 0.344 e. The van der Waals surface area contributed by atoms with Crippen molar-refractivity contribution in [3.05, 3.63) is 82.6 Å². The molecule has 0 amide bonds. The van der Waals surface area contributed by atoms with Crippen molar-refractivity contribution in [2.24, 2.45) is 11.3 Å². The van der Waals surface area contributed by atoms with Gasteiger partial charge in [-0.3, -0.25) is 19.4 Å². The summed E-state index contributed by atoms with van der Waals surface area (Å²) in [6, 6.07) is 10.7. The van der Waals surface area contributed by atoms with Gasteiger partial charge < -0.3 is 34.3 Å². The van der Waals surface area contributed by atoms with Crippen LogP contribution in [-0.4, -0.2) is 114 Å². The number of aromatic amines is 1. The summed E-state index contributed by atoms with van der Waals surface area (Å²) in [7, 11) is 4.67. The van der Waals surface area contributed by atoms with Crippen molar-refractivity contribution in [3.8, 4) is 5.75 Å². The molecule has 0 radical (unpaired) electrons. The highest BCUT2D eigenvalue weighted by atomic mass is 16.6. The first-order valence-corrected chi connectivity index (χ1v) is 20.0. The maximum absolute atomic E-state index is 14.6. The van der Waals surface area contributed by atoms with Crippen LogP contribution in [0, 0.1) is 11.3 Å². The first kappa shape index (κ1) is 37.0. The summed E-state index contributed by atoms with van der Waals surface area (Å²) in [5.41, 5.74) is 0.138. The van der Waals surface area contributed by atoms with Gasteiger partial charge in [0, 0.05) is 90.9 Å². The molecule has 2 bridgehead atoms. The summed E-state index contributed by atoms with van der Waals surface area (Å²) in [5, 5.41) is 26.2. The van der Waals surface area contributed by atoms with Crippen LogP contribution in [-0.2, 0) is 41.2 Å². The van der Waals surface area contributed by atoms with Crippen molar-refractivity contribution >= 4 is 34.5 Å². The molecule has 9 rings (SSSR count). The number of nitrogens with one attached hydrogen (secondary N) is 1. The number of aliphatic hydroxyl groups is 1. The van der Waals surface area contributed by atoms with Crippen LogP contribution in [0.2, 0.25) is 0 Å². The molecule has 1 aliphatic carbocycles. The number of rotatable bonds is 7. The van der Waals surface area contributed by atoms with Gasteiger partial charge in [-0.15, -0.1) is 0 Å². The van der Waals surface area contributed by atoms with Crippen LogP contribution in [0.3, 0.4) is 0 Å². The van der Waals surface area contributed by atoms with E-state index in [0.29, 0.717) is 55.9 Å². The van der Waals surface area contributed by atoms with Crippen LogP contribution >= 0.6 is 0 Å². The predicted octanol–water partition coefficient (Wildman–Crippen LogP) is 4.67. The minimum atomic E-state index is -2.30. The van der Waals surface area contributed by atoms with Crippen LogP contribution in [0.1, 0.15) is 68.8 Å². The third-order valence-electron chi connectivity index (χ3n) is 14.6. The molecule has 1 spiro atoms. The minimum absolute atomic E-state index is 0.0531. The van der Waals surface area contributed by atoms with Gasteiger partial charge >= 0.3 is 17.9 Å². The summed E-state index contributed by atoms with van der Waals surface area (Å²) >= 11 is 0. The molecule has 2 aromatic carbocycles. The van der Waals surface area contributed by atoms with Gasteiger partial charge in [-0.05, 0) is 61.4 Å². The Morgan fingerprint density at radius 3 is 2.54 bits per heavy atom. The zero-order valence-electron chi connectivity index (χ0n) is 33.1. The van der Waals surface area contributed by atoms with Crippen molar-refractivity contribution in [2.45, 2.75) is 87.6 Å². The maximum atomic E-state index is 14.6. The second-order valence-electron chi connectivity index (χ2n) is 17.0. The molecular weight excluding hydrogens is 713 g/mol. The van der Waals surface area contributed by atoms with Gasteiger partial charge in [0.25, 0.3) is 0 Å². The molecule has 2 fully saturated rings. The third-order valence-corrected chi connectivity index (χ3v) is 14.6. The number of carbonyl (C=O) groups excluding carboxylic acids is 2. The number of H-pyrrole nitrogens is 1. The number of hydrogen-bond donors (Lipinski definition) is 3.